The van der Waals surface area contributed by atoms with Crippen molar-refractivity contribution in [3.8, 4) is 0 Å². The molecular weight excluding hydrogens is 208 g/mol. The number of halogens is 1. The second-order valence-electron chi connectivity index (χ2n) is 2.64. The molecule has 76 valence electrons. The predicted molar refractivity (Wildman–Crippen MR) is 35.1 cm³/mol. The van der Waals surface area contributed by atoms with Gasteiger partial charge in [-0.1, -0.05) is 0 Å². The molecule has 0 unspecified atom stereocenters. The smallest absolute Gasteiger partial charge is 0.371 e. The lowest BCUT2D eigenvalue weighted by atomic mass is 10.3. The lowest BCUT2D eigenvalue weighted by Gasteiger charge is -2.17. The molecule has 1 aliphatic rings. The van der Waals surface area contributed by atoms with E-state index < -0.39 is 36.6 Å². The van der Waals surface area contributed by atoms with Gasteiger partial charge in [0.05, 0.1) is 6.42 Å². The number of hydroxylamine groups is 2. The fourth-order valence-electron chi connectivity index (χ4n) is 0.970. The Bertz CT molecular complexity index is 290. The van der Waals surface area contributed by atoms with Crippen LogP contribution in [0, 0.1) is 0 Å². The Morgan fingerprint density at radius 2 is 2.08 bits per heavy atom. The third kappa shape index (κ3) is 1.36. The summed E-state index contributed by atoms with van der Waals surface area (Å²) in [6, 6.07) is 0. The third-order valence-corrected chi connectivity index (χ3v) is 3.03. The Labute approximate surface area is 71.5 Å². The summed E-state index contributed by atoms with van der Waals surface area (Å²) < 4.78 is 23.7. The largest absolute Gasteiger partial charge is 0.372 e. The molecule has 1 fully saturated rings. The number of amides is 1. The first-order valence-corrected chi connectivity index (χ1v) is 4.76. The third-order valence-electron chi connectivity index (χ3n) is 1.73. The van der Waals surface area contributed by atoms with Crippen LogP contribution in [0.25, 0.3) is 0 Å². The second kappa shape index (κ2) is 2.73. The van der Waals surface area contributed by atoms with E-state index in [1.807, 2.05) is 0 Å². The zero-order valence-corrected chi connectivity index (χ0v) is 7.06. The highest BCUT2D eigenvalue weighted by Crippen LogP contribution is 2.57. The van der Waals surface area contributed by atoms with Crippen molar-refractivity contribution in [2.45, 2.75) is 18.1 Å². The van der Waals surface area contributed by atoms with Gasteiger partial charge < -0.3 is 14.9 Å². The summed E-state index contributed by atoms with van der Waals surface area (Å²) in [5.74, 6) is -1.83. The fourth-order valence-corrected chi connectivity index (χ4v) is 1.72. The van der Waals surface area contributed by atoms with Gasteiger partial charge in [-0.15, -0.1) is 0 Å². The highest BCUT2D eigenvalue weighted by atomic mass is 31.2. The molecule has 4 N–H and O–H groups in total. The summed E-state index contributed by atoms with van der Waals surface area (Å²) in [5, 5.41) is 13.4. The van der Waals surface area contributed by atoms with E-state index in [0.29, 0.717) is 0 Å². The van der Waals surface area contributed by atoms with Gasteiger partial charge in [0.2, 0.25) is 0 Å². The van der Waals surface area contributed by atoms with Crippen LogP contribution < -0.4 is 0 Å². The molecule has 0 aromatic heterocycles. The summed E-state index contributed by atoms with van der Waals surface area (Å²) in [7, 11) is -5.33. The van der Waals surface area contributed by atoms with Crippen molar-refractivity contribution >= 4 is 13.5 Å². The number of nitrogens with zero attached hydrogens (tertiary/aromatic N) is 1. The maximum atomic E-state index is 13.2. The first-order chi connectivity index (χ1) is 5.70. The normalized spacial score (nSPS) is 35.6. The summed E-state index contributed by atoms with van der Waals surface area (Å²) in [5.41, 5.74) is 0. The molecule has 1 aliphatic heterocycles. The van der Waals surface area contributed by atoms with E-state index in [0.717, 1.165) is 0 Å². The number of carbonyl (C=O) groups is 1. The van der Waals surface area contributed by atoms with Gasteiger partial charge >= 0.3 is 7.60 Å². The van der Waals surface area contributed by atoms with E-state index in [-0.39, 0.29) is 0 Å². The number of rotatable bonds is 1. The molecule has 0 saturated carbocycles. The minimum atomic E-state index is -5.33. The molecule has 9 heteroatoms. The first-order valence-electron chi connectivity index (χ1n) is 3.15. The molecule has 7 nitrogen and oxygen atoms in total. The van der Waals surface area contributed by atoms with Gasteiger partial charge in [0.15, 0.2) is 6.23 Å². The molecule has 1 heterocycles. The topological polar surface area (TPSA) is 118 Å². The summed E-state index contributed by atoms with van der Waals surface area (Å²) in [6.45, 7) is 0. The zero-order chi connectivity index (χ0) is 10.4. The van der Waals surface area contributed by atoms with E-state index in [2.05, 4.69) is 0 Å². The maximum Gasteiger partial charge on any atom is 0.372 e. The summed E-state index contributed by atoms with van der Waals surface area (Å²) in [6.07, 6.45) is -3.07. The monoisotopic (exact) mass is 215 g/mol. The van der Waals surface area contributed by atoms with Gasteiger partial charge in [0, 0.05) is 0 Å². The van der Waals surface area contributed by atoms with E-state index in [4.69, 9.17) is 20.1 Å². The minimum Gasteiger partial charge on any atom is -0.371 e. The van der Waals surface area contributed by atoms with Gasteiger partial charge in [-0.25, -0.2) is 4.39 Å². The van der Waals surface area contributed by atoms with Crippen LogP contribution in [-0.2, 0) is 9.36 Å². The number of carbonyl (C=O) groups excluding carboxylic acids is 1. The average molecular weight is 215 g/mol. The number of aliphatic hydroxyl groups is 1. The summed E-state index contributed by atoms with van der Waals surface area (Å²) in [4.78, 5) is 27.6. The molecule has 0 spiro atoms. The van der Waals surface area contributed by atoms with Crippen LogP contribution in [0.3, 0.4) is 0 Å². The molecule has 0 bridgehead atoms. The van der Waals surface area contributed by atoms with Crippen LogP contribution in [-0.4, -0.2) is 42.7 Å². The lowest BCUT2D eigenvalue weighted by Crippen LogP contribution is -2.35. The molecule has 0 aliphatic carbocycles. The molecule has 13 heavy (non-hydrogen) atoms. The van der Waals surface area contributed by atoms with Crippen LogP contribution in [0.5, 0.6) is 0 Å². The summed E-state index contributed by atoms with van der Waals surface area (Å²) >= 11 is 0. The van der Waals surface area contributed by atoms with E-state index >= 15 is 0 Å². The van der Waals surface area contributed by atoms with E-state index in [9.17, 15) is 13.8 Å². The molecule has 0 aromatic carbocycles. The van der Waals surface area contributed by atoms with Crippen LogP contribution in [0.1, 0.15) is 6.42 Å². The second-order valence-corrected chi connectivity index (χ2v) is 4.43. The van der Waals surface area contributed by atoms with Gasteiger partial charge in [-0.3, -0.25) is 14.6 Å². The highest BCUT2D eigenvalue weighted by molar-refractivity contribution is 7.54. The molecule has 1 saturated heterocycles. The van der Waals surface area contributed by atoms with Gasteiger partial charge in [-0.05, 0) is 0 Å². The molecule has 0 radical (unpaired) electrons. The van der Waals surface area contributed by atoms with E-state index in [1.54, 1.807) is 0 Å². The van der Waals surface area contributed by atoms with E-state index in [1.165, 1.54) is 0 Å². The number of hydrogen-bond donors (Lipinski definition) is 4. The SMILES string of the molecule is O=C1N(O)[C@H](O)C[C@@]1(F)P(=O)(O)O. The Hall–Kier alpha value is -0.530. The van der Waals surface area contributed by atoms with Crippen LogP contribution in [0.2, 0.25) is 0 Å². The number of hydrogen-bond acceptors (Lipinski definition) is 4. The molecule has 0 aromatic rings. The average Bonchev–Trinajstić information content (AvgIpc) is 2.15. The Balaban J connectivity index is 3.09. The molecule has 2 atom stereocenters. The Morgan fingerprint density at radius 1 is 1.62 bits per heavy atom. The van der Waals surface area contributed by atoms with Crippen LogP contribution >= 0.6 is 7.60 Å². The zero-order valence-electron chi connectivity index (χ0n) is 6.16. The van der Waals surface area contributed by atoms with Gasteiger partial charge in [-0.2, -0.15) is 5.06 Å². The van der Waals surface area contributed by atoms with Crippen molar-refractivity contribution in [2.75, 3.05) is 0 Å². The fraction of sp³-hybridized carbons (Fsp3) is 0.750. The Kier molecular flexibility index (Phi) is 2.21. The minimum absolute atomic E-state index is 0.431. The Morgan fingerprint density at radius 3 is 2.23 bits per heavy atom. The standard InChI is InChI=1S/C4H7FNO6P/c5-4(13(10,11)12)1-2(7)6(9)3(4)8/h2,7,9H,1H2,(H2,10,11,12)/t2-,4-/m1/s1. The quantitative estimate of drug-likeness (QED) is 0.321. The van der Waals surface area contributed by atoms with Crippen molar-refractivity contribution in [3.05, 3.63) is 0 Å². The lowest BCUT2D eigenvalue weighted by molar-refractivity contribution is -0.191. The van der Waals surface area contributed by atoms with Gasteiger partial charge in [0.25, 0.3) is 11.3 Å². The molecule has 1 rings (SSSR count). The van der Waals surface area contributed by atoms with Gasteiger partial charge in [0.1, 0.15) is 0 Å². The van der Waals surface area contributed by atoms with Crippen molar-refractivity contribution in [3.63, 3.8) is 0 Å². The maximum absolute atomic E-state index is 13.2. The number of alkyl halides is 1. The first kappa shape index (κ1) is 10.6. The van der Waals surface area contributed by atoms with Crippen molar-refractivity contribution in [1.29, 1.82) is 0 Å². The predicted octanol–water partition coefficient (Wildman–Crippen LogP) is -1.23. The molecular formula is C4H7FNO6P. The number of aliphatic hydroxyl groups excluding tert-OH is 1. The van der Waals surface area contributed by atoms with Crippen LogP contribution in [0.15, 0.2) is 0 Å². The van der Waals surface area contributed by atoms with Crippen molar-refractivity contribution in [1.82, 2.24) is 5.06 Å². The van der Waals surface area contributed by atoms with Crippen molar-refractivity contribution in [2.24, 2.45) is 0 Å². The van der Waals surface area contributed by atoms with Crippen LogP contribution in [0.4, 0.5) is 4.39 Å². The highest BCUT2D eigenvalue weighted by Gasteiger charge is 2.63. The molecule has 1 amide bonds. The van der Waals surface area contributed by atoms with Crippen molar-refractivity contribution < 1.29 is 33.9 Å².